The Morgan fingerprint density at radius 1 is 1.21 bits per heavy atom. The van der Waals surface area contributed by atoms with Crippen molar-refractivity contribution in [2.24, 2.45) is 11.3 Å². The molecule has 2 fully saturated rings. The number of urea groups is 1. The van der Waals surface area contributed by atoms with Crippen LogP contribution in [0.3, 0.4) is 0 Å². The van der Waals surface area contributed by atoms with Gasteiger partial charge in [-0.05, 0) is 73.1 Å². The van der Waals surface area contributed by atoms with Crippen molar-refractivity contribution in [1.82, 2.24) is 10.2 Å². The zero-order chi connectivity index (χ0) is 20.1. The van der Waals surface area contributed by atoms with E-state index in [-0.39, 0.29) is 23.8 Å². The molecule has 1 aromatic carbocycles. The summed E-state index contributed by atoms with van der Waals surface area (Å²) in [5, 5.41) is 5.76. The van der Waals surface area contributed by atoms with E-state index in [2.05, 4.69) is 31.4 Å². The smallest absolute Gasteiger partial charge is 0.325 e. The van der Waals surface area contributed by atoms with Gasteiger partial charge in [-0.3, -0.25) is 14.5 Å². The van der Waals surface area contributed by atoms with E-state index in [4.69, 9.17) is 0 Å². The Morgan fingerprint density at radius 3 is 2.71 bits per heavy atom. The molecule has 4 amide bonds. The van der Waals surface area contributed by atoms with Gasteiger partial charge in [0.05, 0.1) is 0 Å². The Bertz CT molecular complexity index is 847. The van der Waals surface area contributed by atoms with Crippen LogP contribution in [0.5, 0.6) is 0 Å². The lowest BCUT2D eigenvalue weighted by Gasteiger charge is -2.43. The summed E-state index contributed by atoms with van der Waals surface area (Å²) in [6.07, 6.45) is 5.52. The average molecular weight is 383 g/mol. The number of rotatable bonds is 3. The molecule has 0 radical (unpaired) electrons. The van der Waals surface area contributed by atoms with Crippen LogP contribution in [-0.2, 0) is 22.4 Å². The Labute approximate surface area is 166 Å². The molecular weight excluding hydrogens is 354 g/mol. The van der Waals surface area contributed by atoms with Gasteiger partial charge in [-0.15, -0.1) is 0 Å². The second-order valence-corrected chi connectivity index (χ2v) is 9.64. The van der Waals surface area contributed by atoms with Gasteiger partial charge in [0.25, 0.3) is 5.91 Å². The van der Waals surface area contributed by atoms with Crippen LogP contribution in [0.2, 0.25) is 0 Å². The molecular formula is C22H29N3O3. The van der Waals surface area contributed by atoms with Crippen molar-refractivity contribution in [3.05, 3.63) is 29.3 Å². The van der Waals surface area contributed by atoms with Gasteiger partial charge in [-0.1, -0.05) is 26.8 Å². The summed E-state index contributed by atoms with van der Waals surface area (Å²) in [6, 6.07) is 5.48. The molecule has 6 nitrogen and oxygen atoms in total. The molecule has 4 rings (SSSR count). The standard InChI is InChI=1S/C22H29N3O3/c1-14-10-21(2,3)13-22(11-14)19(27)25(20(28)24-22)12-18(26)23-17-8-7-15-5-4-6-16(15)9-17/h7-9,14H,4-6,10-13H2,1-3H3,(H,23,26)(H,24,28)/t14-,22-/m1/s1. The van der Waals surface area contributed by atoms with E-state index in [1.165, 1.54) is 11.1 Å². The number of imide groups is 1. The fourth-order valence-electron chi connectivity index (χ4n) is 5.64. The summed E-state index contributed by atoms with van der Waals surface area (Å²) in [5.41, 5.74) is 2.43. The minimum Gasteiger partial charge on any atom is -0.325 e. The maximum absolute atomic E-state index is 13.1. The highest BCUT2D eigenvalue weighted by Gasteiger charge is 2.56. The predicted molar refractivity (Wildman–Crippen MR) is 107 cm³/mol. The van der Waals surface area contributed by atoms with Gasteiger partial charge < -0.3 is 10.6 Å². The lowest BCUT2D eigenvalue weighted by atomic mass is 9.64. The minimum atomic E-state index is -0.869. The number of nitrogens with one attached hydrogen (secondary N) is 2. The quantitative estimate of drug-likeness (QED) is 0.787. The zero-order valence-corrected chi connectivity index (χ0v) is 16.9. The number of aryl methyl sites for hydroxylation is 2. The molecule has 150 valence electrons. The van der Waals surface area contributed by atoms with Gasteiger partial charge in [0.1, 0.15) is 12.1 Å². The molecule has 2 N–H and O–H groups in total. The van der Waals surface area contributed by atoms with Crippen LogP contribution in [-0.4, -0.2) is 34.8 Å². The Morgan fingerprint density at radius 2 is 1.96 bits per heavy atom. The van der Waals surface area contributed by atoms with Crippen molar-refractivity contribution in [1.29, 1.82) is 0 Å². The first kappa shape index (κ1) is 19.0. The average Bonchev–Trinajstić information content (AvgIpc) is 3.11. The molecule has 1 aromatic rings. The molecule has 3 aliphatic rings. The first-order valence-corrected chi connectivity index (χ1v) is 10.2. The van der Waals surface area contributed by atoms with Crippen LogP contribution in [0.15, 0.2) is 18.2 Å². The van der Waals surface area contributed by atoms with E-state index >= 15 is 0 Å². The fourth-order valence-corrected chi connectivity index (χ4v) is 5.64. The Kier molecular flexibility index (Phi) is 4.47. The zero-order valence-electron chi connectivity index (χ0n) is 16.9. The summed E-state index contributed by atoms with van der Waals surface area (Å²) in [6.45, 7) is 6.13. The summed E-state index contributed by atoms with van der Waals surface area (Å²) in [5.74, 6) is -0.268. The third-order valence-corrected chi connectivity index (χ3v) is 6.31. The van der Waals surface area contributed by atoms with Crippen LogP contribution in [0.25, 0.3) is 0 Å². The van der Waals surface area contributed by atoms with Crippen molar-refractivity contribution >= 4 is 23.5 Å². The summed E-state index contributed by atoms with van der Waals surface area (Å²) in [7, 11) is 0. The van der Waals surface area contributed by atoms with Crippen molar-refractivity contribution in [2.75, 3.05) is 11.9 Å². The molecule has 2 atom stereocenters. The van der Waals surface area contributed by atoms with Gasteiger partial charge in [0.15, 0.2) is 0 Å². The molecule has 28 heavy (non-hydrogen) atoms. The molecule has 2 aliphatic carbocycles. The lowest BCUT2D eigenvalue weighted by Crippen LogP contribution is -2.54. The molecule has 0 aromatic heterocycles. The number of hydrogen-bond donors (Lipinski definition) is 2. The number of benzene rings is 1. The van der Waals surface area contributed by atoms with E-state index in [1.54, 1.807) is 0 Å². The van der Waals surface area contributed by atoms with Crippen LogP contribution in [0.4, 0.5) is 10.5 Å². The van der Waals surface area contributed by atoms with Crippen molar-refractivity contribution in [3.8, 4) is 0 Å². The SMILES string of the molecule is C[C@@H]1CC(C)(C)C[C@@]2(C1)NC(=O)N(CC(=O)Nc1ccc3c(c1)CCC3)C2=O. The molecule has 1 spiro atoms. The number of carbonyl (C=O) groups excluding carboxylic acids is 3. The summed E-state index contributed by atoms with van der Waals surface area (Å²) in [4.78, 5) is 39.3. The molecule has 0 bridgehead atoms. The van der Waals surface area contributed by atoms with Crippen molar-refractivity contribution < 1.29 is 14.4 Å². The first-order valence-electron chi connectivity index (χ1n) is 10.2. The highest BCUT2D eigenvalue weighted by Crippen LogP contribution is 2.46. The molecule has 1 heterocycles. The van der Waals surface area contributed by atoms with E-state index in [1.807, 2.05) is 18.2 Å². The molecule has 1 aliphatic heterocycles. The van der Waals surface area contributed by atoms with Crippen LogP contribution >= 0.6 is 0 Å². The third-order valence-electron chi connectivity index (χ3n) is 6.31. The number of fused-ring (bicyclic) bond motifs is 1. The summed E-state index contributed by atoms with van der Waals surface area (Å²) >= 11 is 0. The lowest BCUT2D eigenvalue weighted by molar-refractivity contribution is -0.136. The van der Waals surface area contributed by atoms with Gasteiger partial charge >= 0.3 is 6.03 Å². The molecule has 1 saturated heterocycles. The van der Waals surface area contributed by atoms with Crippen LogP contribution in [0, 0.1) is 11.3 Å². The topological polar surface area (TPSA) is 78.5 Å². The second kappa shape index (κ2) is 6.61. The Hall–Kier alpha value is -2.37. The van der Waals surface area contributed by atoms with E-state index < -0.39 is 11.6 Å². The third kappa shape index (κ3) is 3.40. The maximum atomic E-state index is 13.1. The molecule has 6 heteroatoms. The fraction of sp³-hybridized carbons (Fsp3) is 0.591. The monoisotopic (exact) mass is 383 g/mol. The number of carbonyl (C=O) groups is 3. The summed E-state index contributed by atoms with van der Waals surface area (Å²) < 4.78 is 0. The predicted octanol–water partition coefficient (Wildman–Crippen LogP) is 3.25. The van der Waals surface area contributed by atoms with E-state index in [0.717, 1.165) is 36.3 Å². The number of nitrogens with zero attached hydrogens (tertiary/aromatic N) is 1. The van der Waals surface area contributed by atoms with Crippen LogP contribution < -0.4 is 10.6 Å². The van der Waals surface area contributed by atoms with E-state index in [9.17, 15) is 14.4 Å². The maximum Gasteiger partial charge on any atom is 0.325 e. The van der Waals surface area contributed by atoms with Gasteiger partial charge in [-0.2, -0.15) is 0 Å². The number of anilines is 1. The van der Waals surface area contributed by atoms with Crippen molar-refractivity contribution in [2.45, 2.75) is 64.8 Å². The molecule has 0 unspecified atom stereocenters. The largest absolute Gasteiger partial charge is 0.325 e. The highest BCUT2D eigenvalue weighted by molar-refractivity contribution is 6.10. The van der Waals surface area contributed by atoms with Gasteiger partial charge in [0.2, 0.25) is 5.91 Å². The van der Waals surface area contributed by atoms with Crippen molar-refractivity contribution in [3.63, 3.8) is 0 Å². The van der Waals surface area contributed by atoms with E-state index in [0.29, 0.717) is 18.8 Å². The highest BCUT2D eigenvalue weighted by atomic mass is 16.2. The molecule has 1 saturated carbocycles. The number of hydrogen-bond acceptors (Lipinski definition) is 3. The van der Waals surface area contributed by atoms with Crippen LogP contribution in [0.1, 0.15) is 57.6 Å². The minimum absolute atomic E-state index is 0.0245. The second-order valence-electron chi connectivity index (χ2n) is 9.64. The first-order chi connectivity index (χ1) is 13.2. The Balaban J connectivity index is 1.45. The number of amides is 4. The normalized spacial score (nSPS) is 28.4. The van der Waals surface area contributed by atoms with Gasteiger partial charge in [0, 0.05) is 5.69 Å². The van der Waals surface area contributed by atoms with Gasteiger partial charge in [-0.25, -0.2) is 4.79 Å².